The summed E-state index contributed by atoms with van der Waals surface area (Å²) in [6.07, 6.45) is 0. The van der Waals surface area contributed by atoms with Crippen LogP contribution < -0.4 is 10.7 Å². The van der Waals surface area contributed by atoms with E-state index in [2.05, 4.69) is 5.32 Å². The smallest absolute Gasteiger partial charge is 0.323 e. The van der Waals surface area contributed by atoms with Gasteiger partial charge < -0.3 is 15.0 Å². The topological polar surface area (TPSA) is 71.3 Å². The SMILES string of the molecule is O=C(O)Cn1c2cc(Nc3ccc(F)cc3F)ccc2c(=O)c2ccc(Cl)c(Cl)c21. The number of benzene rings is 3. The average Bonchev–Trinajstić information content (AvgIpc) is 2.69. The van der Waals surface area contributed by atoms with Gasteiger partial charge in [0.05, 0.1) is 26.8 Å². The van der Waals surface area contributed by atoms with Crippen LogP contribution >= 0.6 is 23.2 Å². The number of nitrogens with one attached hydrogen (secondary N) is 1. The summed E-state index contributed by atoms with van der Waals surface area (Å²) in [7, 11) is 0. The molecule has 0 radical (unpaired) electrons. The van der Waals surface area contributed by atoms with Crippen LogP contribution in [0.15, 0.2) is 53.3 Å². The van der Waals surface area contributed by atoms with Gasteiger partial charge in [-0.05, 0) is 42.5 Å². The molecule has 1 heterocycles. The summed E-state index contributed by atoms with van der Waals surface area (Å²) in [6, 6.07) is 10.6. The number of aliphatic carboxylic acids is 1. The molecule has 1 aromatic heterocycles. The first-order chi connectivity index (χ1) is 14.3. The van der Waals surface area contributed by atoms with Gasteiger partial charge in [-0.25, -0.2) is 8.78 Å². The number of hydrogen-bond donors (Lipinski definition) is 2. The van der Waals surface area contributed by atoms with E-state index >= 15 is 0 Å². The van der Waals surface area contributed by atoms with Gasteiger partial charge in [0.15, 0.2) is 5.43 Å². The van der Waals surface area contributed by atoms with Crippen molar-refractivity contribution < 1.29 is 18.7 Å². The van der Waals surface area contributed by atoms with Gasteiger partial charge in [0.25, 0.3) is 0 Å². The minimum Gasteiger partial charge on any atom is -0.480 e. The highest BCUT2D eigenvalue weighted by Crippen LogP contribution is 2.33. The first-order valence-electron chi connectivity index (χ1n) is 8.64. The second-order valence-corrected chi connectivity index (χ2v) is 7.33. The number of aromatic nitrogens is 1. The van der Waals surface area contributed by atoms with Crippen molar-refractivity contribution in [3.8, 4) is 0 Å². The van der Waals surface area contributed by atoms with E-state index in [0.717, 1.165) is 12.1 Å². The van der Waals surface area contributed by atoms with Crippen LogP contribution in [0.3, 0.4) is 0 Å². The van der Waals surface area contributed by atoms with Crippen molar-refractivity contribution in [2.24, 2.45) is 0 Å². The fourth-order valence-corrected chi connectivity index (χ4v) is 3.74. The zero-order valence-corrected chi connectivity index (χ0v) is 16.6. The average molecular weight is 449 g/mol. The molecule has 0 saturated heterocycles. The third kappa shape index (κ3) is 3.46. The molecule has 4 rings (SSSR count). The lowest BCUT2D eigenvalue weighted by Gasteiger charge is -2.16. The van der Waals surface area contributed by atoms with Crippen molar-refractivity contribution in [1.82, 2.24) is 4.57 Å². The standard InChI is InChI=1S/C21H12Cl2F2N2O3/c22-14-5-4-13-20(19(14)23)27(9-18(28)29)17-8-11(2-3-12(17)21(13)30)26-16-6-1-10(24)7-15(16)25/h1-8,26H,9H2,(H,28,29). The molecule has 152 valence electrons. The van der Waals surface area contributed by atoms with Crippen LogP contribution in [0, 0.1) is 11.6 Å². The highest BCUT2D eigenvalue weighted by Gasteiger charge is 2.17. The van der Waals surface area contributed by atoms with Crippen LogP contribution in [0.2, 0.25) is 10.0 Å². The number of halogens is 4. The lowest BCUT2D eigenvalue weighted by molar-refractivity contribution is -0.137. The zero-order chi connectivity index (χ0) is 21.6. The third-order valence-electron chi connectivity index (χ3n) is 4.62. The van der Waals surface area contributed by atoms with E-state index < -0.39 is 24.1 Å². The van der Waals surface area contributed by atoms with Gasteiger partial charge in [-0.1, -0.05) is 23.2 Å². The van der Waals surface area contributed by atoms with E-state index in [1.165, 1.54) is 34.9 Å². The highest BCUT2D eigenvalue weighted by molar-refractivity contribution is 6.45. The van der Waals surface area contributed by atoms with Crippen LogP contribution in [0.4, 0.5) is 20.2 Å². The van der Waals surface area contributed by atoms with Gasteiger partial charge in [0.1, 0.15) is 18.2 Å². The Kier molecular flexibility index (Phi) is 5.09. The van der Waals surface area contributed by atoms with Gasteiger partial charge in [0.2, 0.25) is 0 Å². The molecule has 0 aliphatic heterocycles. The molecule has 0 unspecified atom stereocenters. The molecule has 0 bridgehead atoms. The van der Waals surface area contributed by atoms with Crippen LogP contribution in [0.25, 0.3) is 21.8 Å². The molecule has 0 aliphatic carbocycles. The minimum absolute atomic E-state index is 0.0183. The Labute approximate surface area is 178 Å². The number of fused-ring (bicyclic) bond motifs is 2. The number of carboxylic acid groups (broad SMARTS) is 1. The Hall–Kier alpha value is -3.16. The molecule has 5 nitrogen and oxygen atoms in total. The number of carbonyl (C=O) groups is 1. The third-order valence-corrected chi connectivity index (χ3v) is 5.41. The Morgan fingerprint density at radius 2 is 1.77 bits per heavy atom. The minimum atomic E-state index is -1.15. The second-order valence-electron chi connectivity index (χ2n) is 6.55. The van der Waals surface area contributed by atoms with Gasteiger partial charge in [-0.2, -0.15) is 0 Å². The number of nitrogens with zero attached hydrogens (tertiary/aromatic N) is 1. The van der Waals surface area contributed by atoms with E-state index in [4.69, 9.17) is 23.2 Å². The predicted octanol–water partition coefficient (Wildman–Crippen LogP) is 5.57. The maximum atomic E-state index is 14.0. The Balaban J connectivity index is 2.00. The summed E-state index contributed by atoms with van der Waals surface area (Å²) in [4.78, 5) is 24.5. The van der Waals surface area contributed by atoms with Crippen LogP contribution in [-0.2, 0) is 11.3 Å². The van der Waals surface area contributed by atoms with E-state index in [1.807, 2.05) is 0 Å². The maximum Gasteiger partial charge on any atom is 0.323 e. The second kappa shape index (κ2) is 7.59. The van der Waals surface area contributed by atoms with E-state index in [-0.39, 0.29) is 43.0 Å². The van der Waals surface area contributed by atoms with Crippen molar-refractivity contribution in [3.05, 3.63) is 80.4 Å². The summed E-state index contributed by atoms with van der Waals surface area (Å²) in [6.45, 7) is -0.484. The van der Waals surface area contributed by atoms with Crippen LogP contribution in [-0.4, -0.2) is 15.6 Å². The van der Waals surface area contributed by atoms with Crippen molar-refractivity contribution in [2.45, 2.75) is 6.54 Å². The van der Waals surface area contributed by atoms with E-state index in [9.17, 15) is 23.5 Å². The largest absolute Gasteiger partial charge is 0.480 e. The summed E-state index contributed by atoms with van der Waals surface area (Å²) in [5, 5.41) is 12.9. The first-order valence-corrected chi connectivity index (χ1v) is 9.40. The van der Waals surface area contributed by atoms with Crippen molar-refractivity contribution >= 4 is 62.4 Å². The Morgan fingerprint density at radius 3 is 2.47 bits per heavy atom. The molecule has 30 heavy (non-hydrogen) atoms. The number of hydrogen-bond acceptors (Lipinski definition) is 3. The van der Waals surface area contributed by atoms with Gasteiger partial charge >= 0.3 is 5.97 Å². The van der Waals surface area contributed by atoms with Crippen LogP contribution in [0.1, 0.15) is 0 Å². The Bertz CT molecular complexity index is 1400. The van der Waals surface area contributed by atoms with Crippen molar-refractivity contribution in [2.75, 3.05) is 5.32 Å². The molecule has 0 aliphatic rings. The molecular formula is C21H12Cl2F2N2O3. The normalized spacial score (nSPS) is 11.2. The highest BCUT2D eigenvalue weighted by atomic mass is 35.5. The summed E-state index contributed by atoms with van der Waals surface area (Å²) >= 11 is 12.4. The predicted molar refractivity (Wildman–Crippen MR) is 113 cm³/mol. The van der Waals surface area contributed by atoms with E-state index in [0.29, 0.717) is 5.69 Å². The van der Waals surface area contributed by atoms with Crippen molar-refractivity contribution in [3.63, 3.8) is 0 Å². The number of pyridine rings is 1. The fraction of sp³-hybridized carbons (Fsp3) is 0.0476. The maximum absolute atomic E-state index is 14.0. The molecule has 0 fully saturated rings. The van der Waals surface area contributed by atoms with Crippen LogP contribution in [0.5, 0.6) is 0 Å². The van der Waals surface area contributed by atoms with Gasteiger partial charge in [0, 0.05) is 22.5 Å². The summed E-state index contributed by atoms with van der Waals surface area (Å²) < 4.78 is 28.5. The molecule has 0 saturated carbocycles. The summed E-state index contributed by atoms with van der Waals surface area (Å²) in [5.74, 6) is -2.67. The lowest BCUT2D eigenvalue weighted by atomic mass is 10.1. The fourth-order valence-electron chi connectivity index (χ4n) is 3.32. The molecule has 4 aromatic rings. The molecule has 0 atom stereocenters. The number of carboxylic acids is 1. The monoisotopic (exact) mass is 448 g/mol. The van der Waals surface area contributed by atoms with Gasteiger partial charge in [-0.3, -0.25) is 9.59 Å². The number of anilines is 2. The molecule has 9 heteroatoms. The molecule has 2 N–H and O–H groups in total. The van der Waals surface area contributed by atoms with E-state index in [1.54, 1.807) is 6.07 Å². The summed E-state index contributed by atoms with van der Waals surface area (Å²) in [5.41, 5.74) is 0.495. The molecule has 0 spiro atoms. The first kappa shape index (κ1) is 20.1. The molecule has 0 amide bonds. The Morgan fingerprint density at radius 1 is 1.03 bits per heavy atom. The number of rotatable bonds is 4. The van der Waals surface area contributed by atoms with Gasteiger partial charge in [-0.15, -0.1) is 0 Å². The van der Waals surface area contributed by atoms with Crippen molar-refractivity contribution in [1.29, 1.82) is 0 Å². The lowest BCUT2D eigenvalue weighted by Crippen LogP contribution is -2.16. The quantitative estimate of drug-likeness (QED) is 0.400. The molecule has 3 aromatic carbocycles. The zero-order valence-electron chi connectivity index (χ0n) is 15.0. The molecular weight excluding hydrogens is 437 g/mol.